The molecule has 0 aliphatic heterocycles. The third-order valence-corrected chi connectivity index (χ3v) is 4.06. The van der Waals surface area contributed by atoms with Crippen molar-refractivity contribution in [3.63, 3.8) is 0 Å². The molecule has 138 valence electrons. The first-order valence-corrected chi connectivity index (χ1v) is 9.56. The predicted molar refractivity (Wildman–Crippen MR) is 97.3 cm³/mol. The molecule has 0 aliphatic carbocycles. The highest BCUT2D eigenvalue weighted by atomic mass is 16.4. The van der Waals surface area contributed by atoms with E-state index in [-0.39, 0.29) is 12.7 Å². The minimum atomic E-state index is -0.804. The van der Waals surface area contributed by atoms with E-state index in [2.05, 4.69) is 17.7 Å². The predicted octanol–water partition coefficient (Wildman–Crippen LogP) is 3.75. The molecule has 5 nitrogen and oxygen atoms in total. The van der Waals surface area contributed by atoms with Crippen LogP contribution < -0.4 is 10.7 Å². The molecule has 0 aromatic carbocycles. The molecule has 0 aromatic rings. The average molecular weight is 330 g/mol. The highest BCUT2D eigenvalue weighted by molar-refractivity contribution is 5.68. The normalized spacial score (nSPS) is 12.7. The molecular formula is C18H39N3O2. The Morgan fingerprint density at radius 2 is 1.48 bits per heavy atom. The molecule has 0 radical (unpaired) electrons. The number of hydrogen-bond donors (Lipinski definition) is 3. The summed E-state index contributed by atoms with van der Waals surface area (Å²) in [5, 5.41) is 13.9. The second-order valence-electron chi connectivity index (χ2n) is 6.39. The van der Waals surface area contributed by atoms with Crippen molar-refractivity contribution < 1.29 is 9.90 Å². The van der Waals surface area contributed by atoms with Crippen molar-refractivity contribution in [2.75, 3.05) is 19.6 Å². The summed E-state index contributed by atoms with van der Waals surface area (Å²) in [6.07, 6.45) is 13.6. The summed E-state index contributed by atoms with van der Waals surface area (Å²) in [6, 6.07) is 0. The fourth-order valence-corrected chi connectivity index (χ4v) is 2.66. The Bertz CT molecular complexity index is 275. The van der Waals surface area contributed by atoms with Crippen molar-refractivity contribution in [1.82, 2.24) is 15.8 Å². The van der Waals surface area contributed by atoms with Crippen molar-refractivity contribution in [2.45, 2.75) is 91.1 Å². The summed E-state index contributed by atoms with van der Waals surface area (Å²) in [5.41, 5.74) is 3.17. The summed E-state index contributed by atoms with van der Waals surface area (Å²) in [7, 11) is 0. The van der Waals surface area contributed by atoms with Crippen LogP contribution in [0.5, 0.6) is 0 Å². The van der Waals surface area contributed by atoms with Crippen molar-refractivity contribution >= 4 is 5.97 Å². The van der Waals surface area contributed by atoms with Crippen molar-refractivity contribution in [3.8, 4) is 0 Å². The van der Waals surface area contributed by atoms with Gasteiger partial charge in [-0.2, -0.15) is 0 Å². The van der Waals surface area contributed by atoms with Crippen LogP contribution in [0.15, 0.2) is 0 Å². The lowest BCUT2D eigenvalue weighted by atomic mass is 10.1. The standard InChI is InChI=1S/C18H39N3O2/c1-4-6-7-8-9-10-11-12-13-14-15-19-17(3)20-21(5-2)16-18(22)23/h17,19-20H,4-16H2,1-3H3,(H,22,23). The molecule has 0 aliphatic rings. The number of rotatable bonds is 17. The number of carboxylic acids is 1. The second kappa shape index (κ2) is 16.2. The quantitative estimate of drug-likeness (QED) is 0.215. The number of unbranched alkanes of at least 4 members (excludes halogenated alkanes) is 9. The van der Waals surface area contributed by atoms with Crippen molar-refractivity contribution in [3.05, 3.63) is 0 Å². The Balaban J connectivity index is 3.38. The number of hydrazine groups is 1. The van der Waals surface area contributed by atoms with Gasteiger partial charge in [-0.25, -0.2) is 10.4 Å². The number of aliphatic carboxylic acids is 1. The maximum Gasteiger partial charge on any atom is 0.319 e. The van der Waals surface area contributed by atoms with Gasteiger partial charge in [0.2, 0.25) is 0 Å². The molecule has 0 saturated carbocycles. The van der Waals surface area contributed by atoms with Gasteiger partial charge >= 0.3 is 5.97 Å². The largest absolute Gasteiger partial charge is 0.480 e. The van der Waals surface area contributed by atoms with E-state index in [9.17, 15) is 4.79 Å². The fourth-order valence-electron chi connectivity index (χ4n) is 2.66. The van der Waals surface area contributed by atoms with Crippen LogP contribution in [0.1, 0.15) is 85.0 Å². The zero-order valence-corrected chi connectivity index (χ0v) is 15.6. The molecule has 0 amide bonds. The van der Waals surface area contributed by atoms with Gasteiger partial charge in [-0.05, 0) is 19.9 Å². The number of nitrogens with zero attached hydrogens (tertiary/aromatic N) is 1. The Labute approximate surface area is 143 Å². The monoisotopic (exact) mass is 329 g/mol. The molecule has 0 saturated heterocycles. The van der Waals surface area contributed by atoms with E-state index in [1.165, 1.54) is 64.2 Å². The first-order chi connectivity index (χ1) is 11.1. The Morgan fingerprint density at radius 1 is 0.957 bits per heavy atom. The van der Waals surface area contributed by atoms with E-state index in [4.69, 9.17) is 5.11 Å². The summed E-state index contributed by atoms with van der Waals surface area (Å²) in [5.74, 6) is -0.804. The van der Waals surface area contributed by atoms with Crippen molar-refractivity contribution in [2.24, 2.45) is 0 Å². The van der Waals surface area contributed by atoms with Crippen LogP contribution in [0.2, 0.25) is 0 Å². The molecule has 5 heteroatoms. The van der Waals surface area contributed by atoms with Crippen LogP contribution in [0.3, 0.4) is 0 Å². The molecule has 0 fully saturated rings. The lowest BCUT2D eigenvalue weighted by Gasteiger charge is -2.25. The van der Waals surface area contributed by atoms with Gasteiger partial charge in [0.05, 0.1) is 6.17 Å². The van der Waals surface area contributed by atoms with Gasteiger partial charge in [0.25, 0.3) is 0 Å². The van der Waals surface area contributed by atoms with Gasteiger partial charge in [-0.15, -0.1) is 0 Å². The van der Waals surface area contributed by atoms with Gasteiger partial charge < -0.3 is 10.4 Å². The minimum Gasteiger partial charge on any atom is -0.480 e. The molecule has 0 spiro atoms. The average Bonchev–Trinajstić information content (AvgIpc) is 2.51. The van der Waals surface area contributed by atoms with Crippen LogP contribution in [0.4, 0.5) is 0 Å². The Morgan fingerprint density at radius 3 is 1.96 bits per heavy atom. The molecule has 3 N–H and O–H groups in total. The number of nitrogens with one attached hydrogen (secondary N) is 2. The molecule has 23 heavy (non-hydrogen) atoms. The fraction of sp³-hybridized carbons (Fsp3) is 0.944. The first-order valence-electron chi connectivity index (χ1n) is 9.56. The van der Waals surface area contributed by atoms with Crippen molar-refractivity contribution in [1.29, 1.82) is 0 Å². The van der Waals surface area contributed by atoms with Crippen LogP contribution in [-0.4, -0.2) is 41.9 Å². The van der Waals surface area contributed by atoms with E-state index in [1.54, 1.807) is 5.01 Å². The van der Waals surface area contributed by atoms with Crippen LogP contribution in [-0.2, 0) is 4.79 Å². The smallest absolute Gasteiger partial charge is 0.319 e. The molecule has 1 atom stereocenters. The summed E-state index contributed by atoms with van der Waals surface area (Å²) < 4.78 is 0. The van der Waals surface area contributed by atoms with E-state index in [1.807, 2.05) is 13.8 Å². The summed E-state index contributed by atoms with van der Waals surface area (Å²) in [6.45, 7) is 7.93. The molecule has 0 heterocycles. The Hall–Kier alpha value is -0.650. The molecule has 0 rings (SSSR count). The van der Waals surface area contributed by atoms with E-state index < -0.39 is 5.97 Å². The van der Waals surface area contributed by atoms with E-state index >= 15 is 0 Å². The molecule has 0 aromatic heterocycles. The lowest BCUT2D eigenvalue weighted by Crippen LogP contribution is -2.51. The SMILES string of the molecule is CCCCCCCCCCCCNC(C)NN(CC)CC(=O)O. The van der Waals surface area contributed by atoms with E-state index in [0.717, 1.165) is 6.54 Å². The van der Waals surface area contributed by atoms with Gasteiger partial charge in [0, 0.05) is 6.54 Å². The number of carboxylic acid groups (broad SMARTS) is 1. The third-order valence-electron chi connectivity index (χ3n) is 4.06. The lowest BCUT2D eigenvalue weighted by molar-refractivity contribution is -0.139. The molecule has 1 unspecified atom stereocenters. The van der Waals surface area contributed by atoms with Gasteiger partial charge in [-0.3, -0.25) is 4.79 Å². The maximum absolute atomic E-state index is 10.7. The highest BCUT2D eigenvalue weighted by Crippen LogP contribution is 2.10. The molecule has 0 bridgehead atoms. The highest BCUT2D eigenvalue weighted by Gasteiger charge is 2.09. The second-order valence-corrected chi connectivity index (χ2v) is 6.39. The van der Waals surface area contributed by atoms with E-state index in [0.29, 0.717) is 6.54 Å². The van der Waals surface area contributed by atoms with Crippen LogP contribution in [0, 0.1) is 0 Å². The number of hydrogen-bond acceptors (Lipinski definition) is 4. The zero-order chi connectivity index (χ0) is 17.3. The number of likely N-dealkylation sites (N-methyl/N-ethyl adjacent to an activating group) is 1. The number of carbonyl (C=O) groups is 1. The van der Waals surface area contributed by atoms with Gasteiger partial charge in [0.1, 0.15) is 6.54 Å². The molecular weight excluding hydrogens is 290 g/mol. The van der Waals surface area contributed by atoms with Gasteiger partial charge in [0.15, 0.2) is 0 Å². The van der Waals surface area contributed by atoms with Crippen LogP contribution >= 0.6 is 0 Å². The third kappa shape index (κ3) is 16.0. The van der Waals surface area contributed by atoms with Gasteiger partial charge in [-0.1, -0.05) is 71.6 Å². The zero-order valence-electron chi connectivity index (χ0n) is 15.6. The first kappa shape index (κ1) is 22.4. The maximum atomic E-state index is 10.7. The summed E-state index contributed by atoms with van der Waals surface area (Å²) in [4.78, 5) is 10.7. The minimum absolute atomic E-state index is 0.0285. The summed E-state index contributed by atoms with van der Waals surface area (Å²) >= 11 is 0. The topological polar surface area (TPSA) is 64.6 Å². The Kier molecular flexibility index (Phi) is 15.8. The van der Waals surface area contributed by atoms with Crippen LogP contribution in [0.25, 0.3) is 0 Å².